The standard InChI is InChI=1S/C10H12FN3O3/c1-16-6-3-8(11)7(9(4-6)17-2)5-13-14-10(12)15/h3-5H,1-2H3,(H3,12,14,15). The zero-order valence-electron chi connectivity index (χ0n) is 9.36. The van der Waals surface area contributed by atoms with Gasteiger partial charge in [0.2, 0.25) is 0 Å². The van der Waals surface area contributed by atoms with Gasteiger partial charge in [0, 0.05) is 12.1 Å². The van der Waals surface area contributed by atoms with E-state index in [0.29, 0.717) is 5.75 Å². The number of urea groups is 1. The minimum Gasteiger partial charge on any atom is -0.497 e. The number of methoxy groups -OCH3 is 2. The number of primary amides is 1. The number of hydrogen-bond acceptors (Lipinski definition) is 4. The van der Waals surface area contributed by atoms with Gasteiger partial charge in [-0.1, -0.05) is 0 Å². The highest BCUT2D eigenvalue weighted by atomic mass is 19.1. The Hall–Kier alpha value is -2.31. The van der Waals surface area contributed by atoms with Crippen molar-refractivity contribution in [3.63, 3.8) is 0 Å². The molecule has 6 nitrogen and oxygen atoms in total. The topological polar surface area (TPSA) is 85.9 Å². The van der Waals surface area contributed by atoms with Gasteiger partial charge in [-0.05, 0) is 0 Å². The normalized spacial score (nSPS) is 10.3. The summed E-state index contributed by atoms with van der Waals surface area (Å²) in [5, 5.41) is 3.46. The Morgan fingerprint density at radius 1 is 1.47 bits per heavy atom. The summed E-state index contributed by atoms with van der Waals surface area (Å²) in [5.74, 6) is -0.0348. The molecule has 17 heavy (non-hydrogen) atoms. The van der Waals surface area contributed by atoms with Gasteiger partial charge in [-0.15, -0.1) is 0 Å². The van der Waals surface area contributed by atoms with Crippen LogP contribution in [0.25, 0.3) is 0 Å². The Kier molecular flexibility index (Phi) is 4.27. The van der Waals surface area contributed by atoms with E-state index in [1.54, 1.807) is 0 Å². The number of amides is 2. The lowest BCUT2D eigenvalue weighted by Crippen LogP contribution is -2.24. The van der Waals surface area contributed by atoms with Gasteiger partial charge in [-0.2, -0.15) is 5.10 Å². The van der Waals surface area contributed by atoms with Gasteiger partial charge < -0.3 is 15.2 Å². The van der Waals surface area contributed by atoms with Gasteiger partial charge in [0.05, 0.1) is 26.0 Å². The van der Waals surface area contributed by atoms with E-state index < -0.39 is 11.8 Å². The molecule has 1 aromatic carbocycles. The number of nitrogens with two attached hydrogens (primary N) is 1. The summed E-state index contributed by atoms with van der Waals surface area (Å²) in [6, 6.07) is 1.83. The van der Waals surface area contributed by atoms with Crippen molar-refractivity contribution in [2.24, 2.45) is 10.8 Å². The molecule has 0 fully saturated rings. The van der Waals surface area contributed by atoms with Crippen molar-refractivity contribution in [3.8, 4) is 11.5 Å². The third kappa shape index (κ3) is 3.33. The van der Waals surface area contributed by atoms with Crippen molar-refractivity contribution >= 4 is 12.2 Å². The molecule has 7 heteroatoms. The number of ether oxygens (including phenoxy) is 2. The van der Waals surface area contributed by atoms with Crippen LogP contribution in [-0.4, -0.2) is 26.5 Å². The van der Waals surface area contributed by atoms with Crippen LogP contribution in [0.15, 0.2) is 17.2 Å². The molecule has 0 aliphatic heterocycles. The molecular formula is C10H12FN3O3. The summed E-state index contributed by atoms with van der Waals surface area (Å²) in [6.45, 7) is 0. The third-order valence-electron chi connectivity index (χ3n) is 1.89. The summed E-state index contributed by atoms with van der Waals surface area (Å²) >= 11 is 0. The first-order chi connectivity index (χ1) is 8.08. The first-order valence-corrected chi connectivity index (χ1v) is 4.58. The number of carbonyl (C=O) groups is 1. The molecule has 0 aromatic heterocycles. The zero-order chi connectivity index (χ0) is 12.8. The molecule has 3 N–H and O–H groups in total. The number of hydrazone groups is 1. The molecule has 2 amide bonds. The van der Waals surface area contributed by atoms with Crippen molar-refractivity contribution in [2.45, 2.75) is 0 Å². The van der Waals surface area contributed by atoms with Crippen LogP contribution in [-0.2, 0) is 0 Å². The maximum atomic E-state index is 13.6. The van der Waals surface area contributed by atoms with E-state index in [1.165, 1.54) is 26.4 Å². The molecule has 0 aliphatic rings. The fourth-order valence-electron chi connectivity index (χ4n) is 1.14. The van der Waals surface area contributed by atoms with Crippen LogP contribution < -0.4 is 20.6 Å². The quantitative estimate of drug-likeness (QED) is 0.605. The summed E-state index contributed by atoms with van der Waals surface area (Å²) < 4.78 is 23.5. The third-order valence-corrected chi connectivity index (χ3v) is 1.89. The van der Waals surface area contributed by atoms with Gasteiger partial charge in [0.25, 0.3) is 0 Å². The molecule has 0 unspecified atom stereocenters. The smallest absolute Gasteiger partial charge is 0.332 e. The first kappa shape index (κ1) is 12.8. The molecule has 0 spiro atoms. The van der Waals surface area contributed by atoms with Gasteiger partial charge in [-0.3, -0.25) is 0 Å². The number of rotatable bonds is 4. The highest BCUT2D eigenvalue weighted by molar-refractivity contribution is 5.85. The van der Waals surface area contributed by atoms with Crippen molar-refractivity contribution in [2.75, 3.05) is 14.2 Å². The lowest BCUT2D eigenvalue weighted by molar-refractivity contribution is 0.249. The first-order valence-electron chi connectivity index (χ1n) is 4.58. The Labute approximate surface area is 97.2 Å². The number of nitrogens with zero attached hydrogens (tertiary/aromatic N) is 1. The molecule has 0 radical (unpaired) electrons. The highest BCUT2D eigenvalue weighted by Gasteiger charge is 2.10. The fraction of sp³-hybridized carbons (Fsp3) is 0.200. The second-order valence-corrected chi connectivity index (χ2v) is 2.96. The Morgan fingerprint density at radius 2 is 2.18 bits per heavy atom. The fourth-order valence-corrected chi connectivity index (χ4v) is 1.14. The van der Waals surface area contributed by atoms with E-state index >= 15 is 0 Å². The van der Waals surface area contributed by atoms with Crippen LogP contribution in [0, 0.1) is 5.82 Å². The highest BCUT2D eigenvalue weighted by Crippen LogP contribution is 2.26. The van der Waals surface area contributed by atoms with Gasteiger partial charge >= 0.3 is 6.03 Å². The van der Waals surface area contributed by atoms with E-state index in [-0.39, 0.29) is 11.3 Å². The van der Waals surface area contributed by atoms with Crippen LogP contribution in [0.3, 0.4) is 0 Å². The van der Waals surface area contributed by atoms with Crippen molar-refractivity contribution < 1.29 is 18.7 Å². The average molecular weight is 241 g/mol. The molecule has 0 saturated heterocycles. The summed E-state index contributed by atoms with van der Waals surface area (Å²) in [4.78, 5) is 10.4. The SMILES string of the molecule is COc1cc(F)c(C=NNC(N)=O)c(OC)c1. The van der Waals surface area contributed by atoms with Crippen molar-refractivity contribution in [1.82, 2.24) is 5.43 Å². The predicted octanol–water partition coefficient (Wildman–Crippen LogP) is 0.845. The predicted molar refractivity (Wildman–Crippen MR) is 59.8 cm³/mol. The monoisotopic (exact) mass is 241 g/mol. The van der Waals surface area contributed by atoms with Crippen LogP contribution in [0.5, 0.6) is 11.5 Å². The molecule has 1 aromatic rings. The maximum Gasteiger partial charge on any atom is 0.332 e. The Morgan fingerprint density at radius 3 is 2.71 bits per heavy atom. The van der Waals surface area contributed by atoms with Gasteiger partial charge in [0.1, 0.15) is 17.3 Å². The van der Waals surface area contributed by atoms with Gasteiger partial charge in [0.15, 0.2) is 0 Å². The average Bonchev–Trinajstić information content (AvgIpc) is 2.30. The largest absolute Gasteiger partial charge is 0.497 e. The summed E-state index contributed by atoms with van der Waals surface area (Å²) in [6.07, 6.45) is 1.10. The number of carbonyl (C=O) groups excluding carboxylic acids is 1. The molecular weight excluding hydrogens is 229 g/mol. The summed E-state index contributed by atoms with van der Waals surface area (Å²) in [7, 11) is 2.80. The van der Waals surface area contributed by atoms with E-state index in [2.05, 4.69) is 5.10 Å². The molecule has 92 valence electrons. The van der Waals surface area contributed by atoms with Gasteiger partial charge in [-0.25, -0.2) is 14.6 Å². The van der Waals surface area contributed by atoms with Crippen molar-refractivity contribution in [1.29, 1.82) is 0 Å². The lowest BCUT2D eigenvalue weighted by atomic mass is 10.2. The number of benzene rings is 1. The molecule has 0 saturated carbocycles. The lowest BCUT2D eigenvalue weighted by Gasteiger charge is -2.08. The Balaban J connectivity index is 3.05. The number of hydrogen-bond donors (Lipinski definition) is 2. The van der Waals surface area contributed by atoms with E-state index in [0.717, 1.165) is 6.21 Å². The maximum absolute atomic E-state index is 13.6. The molecule has 0 heterocycles. The van der Waals surface area contributed by atoms with E-state index in [9.17, 15) is 9.18 Å². The molecule has 0 aliphatic carbocycles. The van der Waals surface area contributed by atoms with Crippen LogP contribution in [0.1, 0.15) is 5.56 Å². The van der Waals surface area contributed by atoms with E-state index in [4.69, 9.17) is 15.2 Å². The minimum absolute atomic E-state index is 0.0852. The Bertz CT molecular complexity index is 449. The number of nitrogens with one attached hydrogen (secondary N) is 1. The van der Waals surface area contributed by atoms with Crippen LogP contribution in [0.2, 0.25) is 0 Å². The number of halogens is 1. The van der Waals surface area contributed by atoms with Crippen LogP contribution in [0.4, 0.5) is 9.18 Å². The van der Waals surface area contributed by atoms with Crippen LogP contribution >= 0.6 is 0 Å². The minimum atomic E-state index is -0.839. The molecule has 1 rings (SSSR count). The molecule has 0 atom stereocenters. The van der Waals surface area contributed by atoms with E-state index in [1.807, 2.05) is 5.43 Å². The second-order valence-electron chi connectivity index (χ2n) is 2.96. The summed E-state index contributed by atoms with van der Waals surface area (Å²) in [5.41, 5.74) is 6.84. The second kappa shape index (κ2) is 5.69. The molecule has 0 bridgehead atoms. The zero-order valence-corrected chi connectivity index (χ0v) is 9.36. The van der Waals surface area contributed by atoms with Crippen molar-refractivity contribution in [3.05, 3.63) is 23.5 Å².